The van der Waals surface area contributed by atoms with Gasteiger partial charge in [-0.2, -0.15) is 0 Å². The van der Waals surface area contributed by atoms with E-state index in [1.54, 1.807) is 0 Å². The van der Waals surface area contributed by atoms with E-state index in [1.807, 2.05) is 18.2 Å². The minimum Gasteiger partial charge on any atom is -0.456 e. The molecular weight excluding hydrogens is 1060 g/mol. The summed E-state index contributed by atoms with van der Waals surface area (Å²) < 4.78 is 11.6. The van der Waals surface area contributed by atoms with Crippen molar-refractivity contribution >= 4 is 65.6 Å². The van der Waals surface area contributed by atoms with Crippen molar-refractivity contribution in [2.24, 2.45) is 0 Å². The van der Waals surface area contributed by atoms with E-state index in [-0.39, 0.29) is 0 Å². The third-order valence-corrected chi connectivity index (χ3v) is 17.2. The van der Waals surface area contributed by atoms with E-state index in [9.17, 15) is 0 Å². The van der Waals surface area contributed by atoms with Crippen molar-refractivity contribution < 1.29 is 4.42 Å². The van der Waals surface area contributed by atoms with Crippen LogP contribution in [0.2, 0.25) is 0 Å². The maximum Gasteiger partial charge on any atom is 0.166 e. The Hall–Kier alpha value is -11.7. The van der Waals surface area contributed by atoms with Gasteiger partial charge in [-0.1, -0.05) is 249 Å². The molecule has 0 aliphatic carbocycles. The molecule has 0 N–H and O–H groups in total. The van der Waals surface area contributed by atoms with Gasteiger partial charge in [-0.05, 0) is 116 Å². The predicted octanol–water partition coefficient (Wildman–Crippen LogP) is 21.3. The lowest BCUT2D eigenvalue weighted by atomic mass is 9.95. The number of hydrogen-bond donors (Lipinski definition) is 0. The summed E-state index contributed by atoms with van der Waals surface area (Å²) in [6, 6.07) is 110. The van der Waals surface area contributed by atoms with E-state index in [0.29, 0.717) is 17.5 Å². The SMILES string of the molecule is c1ccc(-c2ccc(-c3nc(-c4ccc(-c5ccccc5)cc4-n4c5cc(-c6ccccc6)ccc5c5c(-c6cccc7c6c6ccccc6n7-c6ccccc6)cccc54)nc(-c4cccc5oc6cccc(-c7ccccc7)c6c45)n3)cc2)cc1. The summed E-state index contributed by atoms with van der Waals surface area (Å²) in [6.45, 7) is 0. The Bertz CT molecular complexity index is 5480. The monoisotopic (exact) mass is 1110 g/mol. The lowest BCUT2D eigenvalue weighted by molar-refractivity contribution is 0.669. The molecule has 0 radical (unpaired) electrons. The van der Waals surface area contributed by atoms with Gasteiger partial charge in [-0.15, -0.1) is 0 Å². The Kier molecular flexibility index (Phi) is 11.8. The number of hydrogen-bond acceptors (Lipinski definition) is 4. The van der Waals surface area contributed by atoms with Gasteiger partial charge >= 0.3 is 0 Å². The van der Waals surface area contributed by atoms with Crippen LogP contribution in [0.1, 0.15) is 0 Å². The standard InChI is InChI=1S/C81H51N5O/c1-6-22-52(23-7-1)55-42-44-57(45-43-55)79-82-80(84-81(83-79)67-36-21-41-74-78(67)77-61(33-20-40-73(77)87-74)56-28-12-4-13-29-56)66-49-47-59(54-26-10-3-11-27-54)51-72(66)86-70-39-19-35-63(76(70)65-48-46-58(50-71(65)86)53-24-8-2-9-25-53)62-34-18-38-69-75(62)64-32-16-17-37-68(64)85(69)60-30-14-5-15-31-60/h1-51H. The quantitative estimate of drug-likeness (QED) is 0.137. The number of fused-ring (bicyclic) bond motifs is 9. The molecule has 0 aliphatic rings. The van der Waals surface area contributed by atoms with Gasteiger partial charge in [-0.25, -0.2) is 15.0 Å². The Balaban J connectivity index is 0.960. The molecule has 6 heteroatoms. The highest BCUT2D eigenvalue weighted by atomic mass is 16.3. The molecule has 0 saturated carbocycles. The highest BCUT2D eigenvalue weighted by Crippen LogP contribution is 2.47. The fourth-order valence-electron chi connectivity index (χ4n) is 13.3. The van der Waals surface area contributed by atoms with Gasteiger partial charge in [0.25, 0.3) is 0 Å². The van der Waals surface area contributed by atoms with Crippen LogP contribution >= 0.6 is 0 Å². The molecule has 6 nitrogen and oxygen atoms in total. The van der Waals surface area contributed by atoms with Crippen LogP contribution in [0.3, 0.4) is 0 Å². The molecule has 87 heavy (non-hydrogen) atoms. The molecule has 17 aromatic rings. The van der Waals surface area contributed by atoms with E-state index in [4.69, 9.17) is 19.4 Å². The highest BCUT2D eigenvalue weighted by Gasteiger charge is 2.26. The zero-order chi connectivity index (χ0) is 57.4. The molecule has 0 unspecified atom stereocenters. The number of benzene rings is 13. The Morgan fingerprint density at radius 1 is 0.230 bits per heavy atom. The molecule has 0 bridgehead atoms. The zero-order valence-corrected chi connectivity index (χ0v) is 47.1. The van der Waals surface area contributed by atoms with Gasteiger partial charge in [-0.3, -0.25) is 0 Å². The van der Waals surface area contributed by atoms with Crippen LogP contribution in [0.5, 0.6) is 0 Å². The number of aromatic nitrogens is 5. The van der Waals surface area contributed by atoms with Crippen LogP contribution in [-0.4, -0.2) is 24.1 Å². The lowest BCUT2D eigenvalue weighted by Crippen LogP contribution is -2.04. The second-order valence-electron chi connectivity index (χ2n) is 22.2. The first-order chi connectivity index (χ1) is 43.2. The summed E-state index contributed by atoms with van der Waals surface area (Å²) in [4.78, 5) is 16.8. The Morgan fingerprint density at radius 3 is 1.30 bits per heavy atom. The Morgan fingerprint density at radius 2 is 0.655 bits per heavy atom. The summed E-state index contributed by atoms with van der Waals surface area (Å²) in [5, 5.41) is 6.63. The third-order valence-electron chi connectivity index (χ3n) is 17.2. The third kappa shape index (κ3) is 8.37. The Labute approximate surface area is 501 Å². The fraction of sp³-hybridized carbons (Fsp3) is 0. The number of para-hydroxylation sites is 2. The molecule has 17 rings (SSSR count). The molecule has 4 heterocycles. The van der Waals surface area contributed by atoms with Crippen molar-refractivity contribution in [1.82, 2.24) is 24.1 Å². The molecule has 0 aliphatic heterocycles. The van der Waals surface area contributed by atoms with E-state index >= 15 is 0 Å². The molecular formula is C81H51N5O. The maximum atomic E-state index is 6.74. The van der Waals surface area contributed by atoms with Crippen LogP contribution in [0.4, 0.5) is 0 Å². The predicted molar refractivity (Wildman–Crippen MR) is 359 cm³/mol. The maximum absolute atomic E-state index is 6.74. The second-order valence-corrected chi connectivity index (χ2v) is 22.2. The van der Waals surface area contributed by atoms with Gasteiger partial charge in [0.15, 0.2) is 17.5 Å². The average Bonchev–Trinajstić information content (AvgIpc) is 1.63. The van der Waals surface area contributed by atoms with Gasteiger partial charge in [0, 0.05) is 54.7 Å². The first-order valence-electron chi connectivity index (χ1n) is 29.5. The van der Waals surface area contributed by atoms with E-state index in [0.717, 1.165) is 138 Å². The number of nitrogens with zero attached hydrogens (tertiary/aromatic N) is 5. The van der Waals surface area contributed by atoms with Crippen molar-refractivity contribution in [3.63, 3.8) is 0 Å². The summed E-state index contributed by atoms with van der Waals surface area (Å²) in [7, 11) is 0. The normalized spacial score (nSPS) is 11.7. The number of furan rings is 1. The first-order valence-corrected chi connectivity index (χ1v) is 29.5. The summed E-state index contributed by atoms with van der Waals surface area (Å²) >= 11 is 0. The lowest BCUT2D eigenvalue weighted by Gasteiger charge is -2.17. The first kappa shape index (κ1) is 49.8. The van der Waals surface area contributed by atoms with Gasteiger partial charge < -0.3 is 13.6 Å². The van der Waals surface area contributed by atoms with Crippen molar-refractivity contribution in [2.45, 2.75) is 0 Å². The minimum atomic E-state index is 0.536. The largest absolute Gasteiger partial charge is 0.456 e. The highest BCUT2D eigenvalue weighted by molar-refractivity contribution is 6.23. The second kappa shape index (κ2) is 20.6. The molecule has 0 spiro atoms. The van der Waals surface area contributed by atoms with Gasteiger partial charge in [0.05, 0.1) is 27.8 Å². The number of rotatable bonds is 10. The van der Waals surface area contributed by atoms with E-state index in [1.165, 1.54) is 10.8 Å². The van der Waals surface area contributed by atoms with Crippen LogP contribution in [-0.2, 0) is 0 Å². The topological polar surface area (TPSA) is 61.7 Å². The van der Waals surface area contributed by atoms with Crippen molar-refractivity contribution in [2.75, 3.05) is 0 Å². The molecule has 0 fully saturated rings. The average molecular weight is 1110 g/mol. The molecule has 0 atom stereocenters. The molecule has 406 valence electrons. The smallest absolute Gasteiger partial charge is 0.166 e. The minimum absolute atomic E-state index is 0.536. The van der Waals surface area contributed by atoms with E-state index < -0.39 is 0 Å². The summed E-state index contributed by atoms with van der Waals surface area (Å²) in [5.41, 5.74) is 21.7. The van der Waals surface area contributed by atoms with E-state index in [2.05, 4.69) is 300 Å². The van der Waals surface area contributed by atoms with Crippen molar-refractivity contribution in [1.29, 1.82) is 0 Å². The molecule has 4 aromatic heterocycles. The summed E-state index contributed by atoms with van der Waals surface area (Å²) in [6.07, 6.45) is 0. The van der Waals surface area contributed by atoms with Crippen LogP contribution in [0, 0.1) is 0 Å². The fourth-order valence-corrected chi connectivity index (χ4v) is 13.3. The zero-order valence-electron chi connectivity index (χ0n) is 47.1. The molecule has 13 aromatic carbocycles. The van der Waals surface area contributed by atoms with Crippen molar-refractivity contribution in [3.05, 3.63) is 309 Å². The summed E-state index contributed by atoms with van der Waals surface area (Å²) in [5.74, 6) is 1.63. The van der Waals surface area contributed by atoms with Crippen LogP contribution in [0.25, 0.3) is 167 Å². The van der Waals surface area contributed by atoms with Gasteiger partial charge in [0.1, 0.15) is 11.2 Å². The molecule has 0 amide bonds. The van der Waals surface area contributed by atoms with Crippen LogP contribution < -0.4 is 0 Å². The van der Waals surface area contributed by atoms with Crippen LogP contribution in [0.15, 0.2) is 314 Å². The van der Waals surface area contributed by atoms with Crippen molar-refractivity contribution in [3.8, 4) is 101 Å². The van der Waals surface area contributed by atoms with Gasteiger partial charge in [0.2, 0.25) is 0 Å². The molecule has 0 saturated heterocycles.